The van der Waals surface area contributed by atoms with Crippen LogP contribution in [0.15, 0.2) is 23.1 Å². The Hall–Kier alpha value is -0.950. The van der Waals surface area contributed by atoms with Crippen LogP contribution in [-0.2, 0) is 10.0 Å². The number of carbonyl (C=O) groups is 1. The summed E-state index contributed by atoms with van der Waals surface area (Å²) in [5, 5.41) is 0.0822. The average molecular weight is 333 g/mol. The van der Waals surface area contributed by atoms with Crippen molar-refractivity contribution in [2.24, 2.45) is 5.73 Å². The zero-order chi connectivity index (χ0) is 16.0. The standard InChI is InChI=1S/C14H21ClN2O3S/c1-3-4-5-12(9-16)17-21(19,20)14-8-11(10(2)18)6-7-13(14)15/h6-8,12,17H,3-5,9,16H2,1-2H3/t12-/m1/s1. The molecule has 0 unspecified atom stereocenters. The van der Waals surface area contributed by atoms with Crippen LogP contribution in [0.3, 0.4) is 0 Å². The van der Waals surface area contributed by atoms with E-state index in [1.54, 1.807) is 0 Å². The largest absolute Gasteiger partial charge is 0.329 e. The summed E-state index contributed by atoms with van der Waals surface area (Å²) in [6, 6.07) is 3.87. The van der Waals surface area contributed by atoms with Gasteiger partial charge < -0.3 is 5.73 Å². The highest BCUT2D eigenvalue weighted by atomic mass is 35.5. The second-order valence-electron chi connectivity index (χ2n) is 4.90. The lowest BCUT2D eigenvalue weighted by molar-refractivity contribution is 0.101. The molecule has 3 N–H and O–H groups in total. The molecule has 1 aromatic carbocycles. The van der Waals surface area contributed by atoms with Gasteiger partial charge in [0.25, 0.3) is 0 Å². The van der Waals surface area contributed by atoms with Crippen LogP contribution < -0.4 is 10.5 Å². The minimum absolute atomic E-state index is 0.0822. The lowest BCUT2D eigenvalue weighted by Crippen LogP contribution is -2.40. The number of sulfonamides is 1. The van der Waals surface area contributed by atoms with Crippen LogP contribution in [0.2, 0.25) is 5.02 Å². The van der Waals surface area contributed by atoms with Gasteiger partial charge in [0.1, 0.15) is 4.90 Å². The number of carbonyl (C=O) groups excluding carboxylic acids is 1. The summed E-state index contributed by atoms with van der Waals surface area (Å²) in [6.07, 6.45) is 2.50. The highest BCUT2D eigenvalue weighted by Crippen LogP contribution is 2.23. The summed E-state index contributed by atoms with van der Waals surface area (Å²) in [5.74, 6) is -0.218. The molecule has 0 aliphatic heterocycles. The monoisotopic (exact) mass is 332 g/mol. The minimum atomic E-state index is -3.80. The van der Waals surface area contributed by atoms with Gasteiger partial charge in [0, 0.05) is 18.2 Å². The molecule has 0 heterocycles. The van der Waals surface area contributed by atoms with Gasteiger partial charge in [-0.2, -0.15) is 0 Å². The summed E-state index contributed by atoms with van der Waals surface area (Å²) in [6.45, 7) is 3.61. The van der Waals surface area contributed by atoms with E-state index in [0.29, 0.717) is 12.0 Å². The fourth-order valence-electron chi connectivity index (χ4n) is 1.89. The molecule has 0 saturated carbocycles. The Morgan fingerprint density at radius 2 is 2.10 bits per heavy atom. The fourth-order valence-corrected chi connectivity index (χ4v) is 3.70. The third-order valence-corrected chi connectivity index (χ3v) is 5.14. The van der Waals surface area contributed by atoms with E-state index in [9.17, 15) is 13.2 Å². The van der Waals surface area contributed by atoms with Crippen LogP contribution in [0.5, 0.6) is 0 Å². The predicted octanol–water partition coefficient (Wildman–Crippen LogP) is 2.34. The summed E-state index contributed by atoms with van der Waals surface area (Å²) in [5.41, 5.74) is 5.90. The first-order valence-electron chi connectivity index (χ1n) is 6.84. The van der Waals surface area contributed by atoms with E-state index in [4.69, 9.17) is 17.3 Å². The number of hydrogen-bond donors (Lipinski definition) is 2. The average Bonchev–Trinajstić information content (AvgIpc) is 2.43. The molecular formula is C14H21ClN2O3S. The first kappa shape index (κ1) is 18.1. The summed E-state index contributed by atoms with van der Waals surface area (Å²) >= 11 is 5.95. The number of nitrogens with two attached hydrogens (primary N) is 1. The molecule has 5 nitrogen and oxygen atoms in total. The Bertz CT molecular complexity index is 602. The SMILES string of the molecule is CCCC[C@H](CN)NS(=O)(=O)c1cc(C(C)=O)ccc1Cl. The van der Waals surface area contributed by atoms with Crippen molar-refractivity contribution in [2.75, 3.05) is 6.54 Å². The molecule has 1 atom stereocenters. The van der Waals surface area contributed by atoms with Gasteiger partial charge in [0.15, 0.2) is 5.78 Å². The van der Waals surface area contributed by atoms with Crippen LogP contribution in [0, 0.1) is 0 Å². The molecule has 0 aliphatic carbocycles. The Balaban J connectivity index is 3.06. The molecular weight excluding hydrogens is 312 g/mol. The third kappa shape index (κ3) is 5.07. The minimum Gasteiger partial charge on any atom is -0.329 e. The van der Waals surface area contributed by atoms with E-state index in [1.165, 1.54) is 25.1 Å². The number of halogens is 1. The first-order chi connectivity index (χ1) is 9.81. The molecule has 1 rings (SSSR count). The van der Waals surface area contributed by atoms with Crippen molar-refractivity contribution < 1.29 is 13.2 Å². The smallest absolute Gasteiger partial charge is 0.242 e. The van der Waals surface area contributed by atoms with Crippen molar-refractivity contribution >= 4 is 27.4 Å². The molecule has 0 aliphatic rings. The van der Waals surface area contributed by atoms with E-state index in [-0.39, 0.29) is 28.3 Å². The second kappa shape index (κ2) is 7.89. The lowest BCUT2D eigenvalue weighted by Gasteiger charge is -2.17. The van der Waals surface area contributed by atoms with Crippen LogP contribution in [0.1, 0.15) is 43.5 Å². The third-order valence-electron chi connectivity index (χ3n) is 3.14. The van der Waals surface area contributed by atoms with E-state index in [0.717, 1.165) is 12.8 Å². The van der Waals surface area contributed by atoms with Gasteiger partial charge >= 0.3 is 0 Å². The van der Waals surface area contributed by atoms with Crippen molar-refractivity contribution in [2.45, 2.75) is 44.0 Å². The van der Waals surface area contributed by atoms with Crippen LogP contribution >= 0.6 is 11.6 Å². The Kier molecular flexibility index (Phi) is 6.80. The Morgan fingerprint density at radius 3 is 2.62 bits per heavy atom. The number of benzene rings is 1. The van der Waals surface area contributed by atoms with Crippen molar-refractivity contribution in [1.29, 1.82) is 0 Å². The van der Waals surface area contributed by atoms with Crippen LogP contribution in [0.4, 0.5) is 0 Å². The predicted molar refractivity (Wildman–Crippen MR) is 84.1 cm³/mol. The summed E-state index contributed by atoms with van der Waals surface area (Å²) < 4.78 is 27.3. The Labute approximate surface area is 130 Å². The topological polar surface area (TPSA) is 89.3 Å². The van der Waals surface area contributed by atoms with Crippen molar-refractivity contribution in [3.8, 4) is 0 Å². The van der Waals surface area contributed by atoms with Crippen LogP contribution in [-0.4, -0.2) is 26.8 Å². The van der Waals surface area contributed by atoms with Crippen LogP contribution in [0.25, 0.3) is 0 Å². The maximum Gasteiger partial charge on any atom is 0.242 e. The van der Waals surface area contributed by atoms with Crippen molar-refractivity contribution in [1.82, 2.24) is 4.72 Å². The normalized spacial score (nSPS) is 13.1. The molecule has 0 saturated heterocycles. The van der Waals surface area contributed by atoms with E-state index < -0.39 is 10.0 Å². The number of unbranched alkanes of at least 4 members (excludes halogenated alkanes) is 1. The van der Waals surface area contributed by atoms with E-state index in [2.05, 4.69) is 4.72 Å². The molecule has 0 spiro atoms. The molecule has 21 heavy (non-hydrogen) atoms. The number of hydrogen-bond acceptors (Lipinski definition) is 4. The lowest BCUT2D eigenvalue weighted by atomic mass is 10.1. The molecule has 0 fully saturated rings. The van der Waals surface area contributed by atoms with Gasteiger partial charge in [0.05, 0.1) is 5.02 Å². The molecule has 0 amide bonds. The van der Waals surface area contributed by atoms with Gasteiger partial charge in [-0.25, -0.2) is 13.1 Å². The van der Waals surface area contributed by atoms with E-state index in [1.807, 2.05) is 6.92 Å². The quantitative estimate of drug-likeness (QED) is 0.715. The molecule has 7 heteroatoms. The van der Waals surface area contributed by atoms with Gasteiger partial charge in [-0.15, -0.1) is 0 Å². The number of rotatable bonds is 8. The van der Waals surface area contributed by atoms with E-state index >= 15 is 0 Å². The number of ketones is 1. The second-order valence-corrected chi connectivity index (χ2v) is 6.99. The summed E-state index contributed by atoms with van der Waals surface area (Å²) in [7, 11) is -3.80. The van der Waals surface area contributed by atoms with Gasteiger partial charge in [-0.05, 0) is 31.5 Å². The van der Waals surface area contributed by atoms with Gasteiger partial charge in [-0.3, -0.25) is 4.79 Å². The summed E-state index contributed by atoms with van der Waals surface area (Å²) in [4.78, 5) is 11.3. The fraction of sp³-hybridized carbons (Fsp3) is 0.500. The van der Waals surface area contributed by atoms with Gasteiger partial charge in [0.2, 0.25) is 10.0 Å². The Morgan fingerprint density at radius 1 is 1.43 bits per heavy atom. The zero-order valence-corrected chi connectivity index (χ0v) is 13.8. The maximum absolute atomic E-state index is 12.4. The van der Waals surface area contributed by atoms with Crippen molar-refractivity contribution in [3.63, 3.8) is 0 Å². The highest BCUT2D eigenvalue weighted by Gasteiger charge is 2.22. The first-order valence-corrected chi connectivity index (χ1v) is 8.70. The molecule has 0 bridgehead atoms. The molecule has 1 aromatic rings. The number of Topliss-reactive ketones (excluding diaryl/α,β-unsaturated/α-hetero) is 1. The molecule has 118 valence electrons. The molecule has 0 radical (unpaired) electrons. The van der Waals surface area contributed by atoms with Gasteiger partial charge in [-0.1, -0.05) is 31.4 Å². The maximum atomic E-state index is 12.4. The number of nitrogens with one attached hydrogen (secondary N) is 1. The zero-order valence-electron chi connectivity index (χ0n) is 12.2. The highest BCUT2D eigenvalue weighted by molar-refractivity contribution is 7.89. The van der Waals surface area contributed by atoms with Crippen molar-refractivity contribution in [3.05, 3.63) is 28.8 Å². The molecule has 0 aromatic heterocycles.